The number of anilines is 1. The van der Waals surface area contributed by atoms with Crippen molar-refractivity contribution in [2.24, 2.45) is 0 Å². The van der Waals surface area contributed by atoms with Gasteiger partial charge in [0.25, 0.3) is 0 Å². The van der Waals surface area contributed by atoms with E-state index in [1.54, 1.807) is 41.1 Å². The van der Waals surface area contributed by atoms with Crippen LogP contribution in [0.25, 0.3) is 0 Å². The van der Waals surface area contributed by atoms with Gasteiger partial charge in [-0.25, -0.2) is 0 Å². The predicted molar refractivity (Wildman–Crippen MR) is 102 cm³/mol. The highest BCUT2D eigenvalue weighted by Crippen LogP contribution is 2.17. The fourth-order valence-corrected chi connectivity index (χ4v) is 2.69. The molecule has 0 aliphatic rings. The van der Waals surface area contributed by atoms with Crippen LogP contribution in [0.2, 0.25) is 0 Å². The Balaban J connectivity index is 1.98. The van der Waals surface area contributed by atoms with E-state index in [1.165, 1.54) is 13.8 Å². The summed E-state index contributed by atoms with van der Waals surface area (Å²) in [7, 11) is 1.76. The van der Waals surface area contributed by atoms with Crippen LogP contribution >= 0.6 is 0 Å². The van der Waals surface area contributed by atoms with Crippen LogP contribution in [-0.2, 0) is 16.1 Å². The minimum Gasteiger partial charge on any atom is -0.341 e. The predicted octanol–water partition coefficient (Wildman–Crippen LogP) is 3.29. The van der Waals surface area contributed by atoms with Gasteiger partial charge in [-0.3, -0.25) is 14.4 Å². The Morgan fingerprint density at radius 1 is 0.885 bits per heavy atom. The lowest BCUT2D eigenvalue weighted by Gasteiger charge is -2.23. The second-order valence-corrected chi connectivity index (χ2v) is 6.26. The molecule has 0 saturated heterocycles. The molecule has 0 radical (unpaired) electrons. The van der Waals surface area contributed by atoms with E-state index in [9.17, 15) is 14.4 Å². The molecular formula is C21H24N2O3. The number of nitrogens with zero attached hydrogens (tertiary/aromatic N) is 2. The number of carbonyl (C=O) groups excluding carboxylic acids is 3. The van der Waals surface area contributed by atoms with Gasteiger partial charge < -0.3 is 9.80 Å². The second kappa shape index (κ2) is 8.94. The van der Waals surface area contributed by atoms with E-state index in [4.69, 9.17) is 0 Å². The van der Waals surface area contributed by atoms with Crippen molar-refractivity contribution >= 4 is 23.3 Å². The van der Waals surface area contributed by atoms with Crippen LogP contribution in [-0.4, -0.2) is 36.1 Å². The van der Waals surface area contributed by atoms with Crippen LogP contribution in [0.3, 0.4) is 0 Å². The maximum atomic E-state index is 12.4. The summed E-state index contributed by atoms with van der Waals surface area (Å²) in [6.45, 7) is 3.80. The number of rotatable bonds is 7. The summed E-state index contributed by atoms with van der Waals surface area (Å²) in [4.78, 5) is 38.9. The lowest BCUT2D eigenvalue weighted by atomic mass is 10.1. The lowest BCUT2D eigenvalue weighted by molar-refractivity contribution is -0.130. The van der Waals surface area contributed by atoms with Crippen LogP contribution in [0.1, 0.15) is 36.2 Å². The van der Waals surface area contributed by atoms with E-state index in [0.29, 0.717) is 24.3 Å². The van der Waals surface area contributed by atoms with Crippen LogP contribution < -0.4 is 4.90 Å². The van der Waals surface area contributed by atoms with Crippen molar-refractivity contribution in [2.75, 3.05) is 18.5 Å². The van der Waals surface area contributed by atoms with Crippen molar-refractivity contribution in [1.82, 2.24) is 4.90 Å². The molecule has 136 valence electrons. The summed E-state index contributed by atoms with van der Waals surface area (Å²) in [6, 6.07) is 16.6. The molecule has 0 spiro atoms. The molecule has 2 rings (SSSR count). The van der Waals surface area contributed by atoms with Crippen LogP contribution in [0.4, 0.5) is 5.69 Å². The maximum absolute atomic E-state index is 12.4. The van der Waals surface area contributed by atoms with Gasteiger partial charge in [0, 0.05) is 44.7 Å². The smallest absolute Gasteiger partial charge is 0.224 e. The molecule has 0 unspecified atom stereocenters. The topological polar surface area (TPSA) is 57.7 Å². The second-order valence-electron chi connectivity index (χ2n) is 6.26. The van der Waals surface area contributed by atoms with E-state index in [-0.39, 0.29) is 24.0 Å². The van der Waals surface area contributed by atoms with Gasteiger partial charge in [-0.2, -0.15) is 0 Å². The first-order chi connectivity index (χ1) is 12.4. The molecule has 2 aromatic rings. The van der Waals surface area contributed by atoms with Gasteiger partial charge in [0.05, 0.1) is 0 Å². The molecule has 0 N–H and O–H groups in total. The standard InChI is InChI=1S/C21H24N2O3/c1-16(24)19-9-11-20(12-10-19)23(17(2)25)14-13-21(26)22(3)15-18-7-5-4-6-8-18/h4-12H,13-15H2,1-3H3. The Morgan fingerprint density at radius 3 is 2.04 bits per heavy atom. The van der Waals surface area contributed by atoms with Crippen LogP contribution in [0.15, 0.2) is 54.6 Å². The van der Waals surface area contributed by atoms with Crippen molar-refractivity contribution in [3.05, 3.63) is 65.7 Å². The summed E-state index contributed by atoms with van der Waals surface area (Å²) < 4.78 is 0. The fourth-order valence-electron chi connectivity index (χ4n) is 2.69. The molecule has 0 aromatic heterocycles. The Kier molecular flexibility index (Phi) is 6.67. The first-order valence-corrected chi connectivity index (χ1v) is 8.55. The largest absolute Gasteiger partial charge is 0.341 e. The number of amides is 2. The normalized spacial score (nSPS) is 10.3. The van der Waals surface area contributed by atoms with E-state index in [1.807, 2.05) is 30.3 Å². The molecule has 0 heterocycles. The molecule has 2 aromatic carbocycles. The van der Waals surface area contributed by atoms with Crippen LogP contribution in [0, 0.1) is 0 Å². The zero-order valence-electron chi connectivity index (χ0n) is 15.4. The molecule has 0 saturated carbocycles. The number of carbonyl (C=O) groups is 3. The van der Waals surface area contributed by atoms with Crippen molar-refractivity contribution in [1.29, 1.82) is 0 Å². The summed E-state index contributed by atoms with van der Waals surface area (Å²) in [5.41, 5.74) is 2.34. The minimum atomic E-state index is -0.140. The lowest BCUT2D eigenvalue weighted by Crippen LogP contribution is -2.34. The van der Waals surface area contributed by atoms with Crippen molar-refractivity contribution < 1.29 is 14.4 Å². The summed E-state index contributed by atoms with van der Waals surface area (Å²) in [6.07, 6.45) is 0.234. The molecular weight excluding hydrogens is 328 g/mol. The zero-order valence-corrected chi connectivity index (χ0v) is 15.4. The highest BCUT2D eigenvalue weighted by atomic mass is 16.2. The van der Waals surface area contributed by atoms with Gasteiger partial charge in [-0.05, 0) is 36.8 Å². The number of hydrogen-bond donors (Lipinski definition) is 0. The minimum absolute atomic E-state index is 0.0244. The third kappa shape index (κ3) is 5.28. The molecule has 0 aliphatic carbocycles. The monoisotopic (exact) mass is 352 g/mol. The van der Waals surface area contributed by atoms with E-state index in [0.717, 1.165) is 5.56 Å². The molecule has 0 atom stereocenters. The summed E-state index contributed by atoms with van der Waals surface area (Å²) in [5.74, 6) is -0.191. The Labute approximate surface area is 154 Å². The van der Waals surface area contributed by atoms with E-state index >= 15 is 0 Å². The Bertz CT molecular complexity index is 770. The van der Waals surface area contributed by atoms with Crippen molar-refractivity contribution in [3.63, 3.8) is 0 Å². The van der Waals surface area contributed by atoms with Gasteiger partial charge in [-0.1, -0.05) is 30.3 Å². The third-order valence-corrected chi connectivity index (χ3v) is 4.20. The SMILES string of the molecule is CC(=O)c1ccc(N(CCC(=O)N(C)Cc2ccccc2)C(C)=O)cc1. The van der Waals surface area contributed by atoms with Gasteiger partial charge in [0.1, 0.15) is 0 Å². The Hall–Kier alpha value is -2.95. The third-order valence-electron chi connectivity index (χ3n) is 4.20. The summed E-state index contributed by atoms with van der Waals surface area (Å²) in [5, 5.41) is 0. The van der Waals surface area contributed by atoms with Gasteiger partial charge in [-0.15, -0.1) is 0 Å². The number of Topliss-reactive ketones (excluding diaryl/α,β-unsaturated/α-hetero) is 1. The molecule has 5 heteroatoms. The van der Waals surface area contributed by atoms with Gasteiger partial charge in [0.15, 0.2) is 5.78 Å². The molecule has 26 heavy (non-hydrogen) atoms. The van der Waals surface area contributed by atoms with E-state index < -0.39 is 0 Å². The molecule has 2 amide bonds. The first kappa shape index (κ1) is 19.4. The van der Waals surface area contributed by atoms with Gasteiger partial charge in [0.2, 0.25) is 11.8 Å². The first-order valence-electron chi connectivity index (χ1n) is 8.55. The number of ketones is 1. The molecule has 0 bridgehead atoms. The van der Waals surface area contributed by atoms with Crippen LogP contribution in [0.5, 0.6) is 0 Å². The number of hydrogen-bond acceptors (Lipinski definition) is 3. The van der Waals surface area contributed by atoms with Gasteiger partial charge >= 0.3 is 0 Å². The zero-order chi connectivity index (χ0) is 19.1. The molecule has 0 aliphatic heterocycles. The average molecular weight is 352 g/mol. The summed E-state index contributed by atoms with van der Waals surface area (Å²) >= 11 is 0. The Morgan fingerprint density at radius 2 is 1.50 bits per heavy atom. The average Bonchev–Trinajstić information content (AvgIpc) is 2.62. The van der Waals surface area contributed by atoms with Crippen molar-refractivity contribution in [2.45, 2.75) is 26.8 Å². The fraction of sp³-hybridized carbons (Fsp3) is 0.286. The number of benzene rings is 2. The molecule has 5 nitrogen and oxygen atoms in total. The highest BCUT2D eigenvalue weighted by Gasteiger charge is 2.16. The maximum Gasteiger partial charge on any atom is 0.224 e. The quantitative estimate of drug-likeness (QED) is 0.719. The molecule has 0 fully saturated rings. The van der Waals surface area contributed by atoms with E-state index in [2.05, 4.69) is 0 Å². The van der Waals surface area contributed by atoms with Crippen molar-refractivity contribution in [3.8, 4) is 0 Å². The highest BCUT2D eigenvalue weighted by molar-refractivity contribution is 5.96.